The van der Waals surface area contributed by atoms with Gasteiger partial charge >= 0.3 is 5.63 Å². The molecule has 1 aliphatic rings. The van der Waals surface area contributed by atoms with Crippen molar-refractivity contribution in [3.05, 3.63) is 58.1 Å². The molecule has 132 valence electrons. The first-order valence-electron chi connectivity index (χ1n) is 8.25. The summed E-state index contributed by atoms with van der Waals surface area (Å²) < 4.78 is 16.2. The Morgan fingerprint density at radius 3 is 2.68 bits per heavy atom. The third kappa shape index (κ3) is 4.62. The number of hydrogen-bond donors (Lipinski definition) is 0. The third-order valence-corrected chi connectivity index (χ3v) is 4.05. The van der Waals surface area contributed by atoms with Crippen molar-refractivity contribution in [2.24, 2.45) is 0 Å². The summed E-state index contributed by atoms with van der Waals surface area (Å²) in [4.78, 5) is 25.4. The molecule has 0 saturated carbocycles. The highest BCUT2D eigenvalue weighted by molar-refractivity contribution is 5.78. The zero-order valence-electron chi connectivity index (χ0n) is 14.4. The molecule has 1 aromatic carbocycles. The number of benzene rings is 1. The predicted octanol–water partition coefficient (Wildman–Crippen LogP) is 2.32. The van der Waals surface area contributed by atoms with E-state index in [-0.39, 0.29) is 18.6 Å². The van der Waals surface area contributed by atoms with Gasteiger partial charge in [-0.15, -0.1) is 0 Å². The van der Waals surface area contributed by atoms with Crippen LogP contribution in [0.2, 0.25) is 0 Å². The normalized spacial score (nSPS) is 16.7. The van der Waals surface area contributed by atoms with Crippen LogP contribution in [0.5, 0.6) is 11.5 Å². The Kier molecular flexibility index (Phi) is 5.07. The molecule has 1 fully saturated rings. The zero-order chi connectivity index (χ0) is 17.8. The zero-order valence-corrected chi connectivity index (χ0v) is 14.4. The van der Waals surface area contributed by atoms with Crippen molar-refractivity contribution in [2.75, 3.05) is 19.7 Å². The maximum Gasteiger partial charge on any atom is 0.339 e. The van der Waals surface area contributed by atoms with E-state index in [2.05, 4.69) is 0 Å². The van der Waals surface area contributed by atoms with E-state index in [9.17, 15) is 9.59 Å². The number of ether oxygens (including phenoxy) is 2. The molecule has 1 unspecified atom stereocenters. The molecular weight excluding hydrogens is 322 g/mol. The molecule has 1 amide bonds. The minimum absolute atomic E-state index is 0.00378. The smallest absolute Gasteiger partial charge is 0.339 e. The van der Waals surface area contributed by atoms with Gasteiger partial charge in [-0.3, -0.25) is 4.79 Å². The van der Waals surface area contributed by atoms with Gasteiger partial charge in [0.2, 0.25) is 0 Å². The van der Waals surface area contributed by atoms with Gasteiger partial charge < -0.3 is 18.8 Å². The minimum atomic E-state index is -0.438. The van der Waals surface area contributed by atoms with Crippen LogP contribution in [0.1, 0.15) is 17.7 Å². The second kappa shape index (κ2) is 7.42. The first kappa shape index (κ1) is 17.1. The van der Waals surface area contributed by atoms with Gasteiger partial charge in [0, 0.05) is 19.0 Å². The molecule has 1 aromatic heterocycles. The Labute approximate surface area is 146 Å². The van der Waals surface area contributed by atoms with E-state index >= 15 is 0 Å². The van der Waals surface area contributed by atoms with Crippen molar-refractivity contribution >= 4 is 5.91 Å². The van der Waals surface area contributed by atoms with Crippen LogP contribution in [0.25, 0.3) is 0 Å². The van der Waals surface area contributed by atoms with E-state index in [0.717, 1.165) is 12.0 Å². The summed E-state index contributed by atoms with van der Waals surface area (Å²) in [5, 5.41) is 0. The quantitative estimate of drug-likeness (QED) is 0.833. The van der Waals surface area contributed by atoms with Crippen molar-refractivity contribution in [1.82, 2.24) is 4.90 Å². The monoisotopic (exact) mass is 343 g/mol. The molecule has 1 atom stereocenters. The summed E-state index contributed by atoms with van der Waals surface area (Å²) in [5.74, 6) is 1.58. The van der Waals surface area contributed by atoms with Crippen molar-refractivity contribution in [1.29, 1.82) is 0 Å². The summed E-state index contributed by atoms with van der Waals surface area (Å²) in [6, 6.07) is 10.6. The fraction of sp³-hybridized carbons (Fsp3) is 0.368. The number of aryl methyl sites for hydroxylation is 2. The lowest BCUT2D eigenvalue weighted by molar-refractivity contribution is -0.132. The maximum atomic E-state index is 12.3. The molecule has 3 rings (SSSR count). The number of rotatable bonds is 5. The Hall–Kier alpha value is -2.76. The van der Waals surface area contributed by atoms with E-state index < -0.39 is 5.63 Å². The van der Waals surface area contributed by atoms with Crippen LogP contribution in [0.4, 0.5) is 0 Å². The molecule has 2 heterocycles. The van der Waals surface area contributed by atoms with Crippen LogP contribution in [-0.2, 0) is 4.79 Å². The highest BCUT2D eigenvalue weighted by Gasteiger charge is 2.28. The van der Waals surface area contributed by atoms with Gasteiger partial charge in [0.05, 0.1) is 12.6 Å². The molecule has 25 heavy (non-hydrogen) atoms. The number of carbonyl (C=O) groups is 1. The number of nitrogens with zero attached hydrogens (tertiary/aromatic N) is 1. The highest BCUT2D eigenvalue weighted by Crippen LogP contribution is 2.19. The minimum Gasteiger partial charge on any atom is -0.488 e. The van der Waals surface area contributed by atoms with E-state index in [1.165, 1.54) is 6.07 Å². The molecule has 2 aromatic rings. The van der Waals surface area contributed by atoms with Crippen LogP contribution >= 0.6 is 0 Å². The highest BCUT2D eigenvalue weighted by atomic mass is 16.5. The summed E-state index contributed by atoms with van der Waals surface area (Å²) in [6.45, 7) is 4.79. The number of hydrogen-bond acceptors (Lipinski definition) is 5. The molecule has 0 aliphatic carbocycles. The summed E-state index contributed by atoms with van der Waals surface area (Å²) in [6.07, 6.45) is 0.583. The Morgan fingerprint density at radius 2 is 1.96 bits per heavy atom. The van der Waals surface area contributed by atoms with Gasteiger partial charge in [-0.2, -0.15) is 0 Å². The topological polar surface area (TPSA) is 69.0 Å². The van der Waals surface area contributed by atoms with Gasteiger partial charge in [0.25, 0.3) is 5.91 Å². The number of likely N-dealkylation sites (tertiary alicyclic amines) is 1. The van der Waals surface area contributed by atoms with Crippen molar-refractivity contribution in [3.8, 4) is 11.5 Å². The Balaban J connectivity index is 1.50. The Morgan fingerprint density at radius 1 is 1.20 bits per heavy atom. The summed E-state index contributed by atoms with van der Waals surface area (Å²) in [7, 11) is 0. The Bertz CT molecular complexity index is 796. The summed E-state index contributed by atoms with van der Waals surface area (Å²) >= 11 is 0. The van der Waals surface area contributed by atoms with E-state index in [1.54, 1.807) is 17.9 Å². The first-order valence-corrected chi connectivity index (χ1v) is 8.25. The van der Waals surface area contributed by atoms with Crippen LogP contribution in [-0.4, -0.2) is 36.6 Å². The van der Waals surface area contributed by atoms with Crippen LogP contribution in [0.15, 0.2) is 45.6 Å². The average Bonchev–Trinajstić information content (AvgIpc) is 3.01. The largest absolute Gasteiger partial charge is 0.488 e. The molecule has 6 heteroatoms. The summed E-state index contributed by atoms with van der Waals surface area (Å²) in [5.41, 5.74) is 0.704. The van der Waals surface area contributed by atoms with Gasteiger partial charge in [0.1, 0.15) is 23.4 Å². The molecule has 1 saturated heterocycles. The van der Waals surface area contributed by atoms with Crippen molar-refractivity contribution in [3.63, 3.8) is 0 Å². The van der Waals surface area contributed by atoms with Gasteiger partial charge in [-0.05, 0) is 26.0 Å². The third-order valence-electron chi connectivity index (χ3n) is 4.05. The van der Waals surface area contributed by atoms with Gasteiger partial charge in [-0.25, -0.2) is 4.79 Å². The van der Waals surface area contributed by atoms with Crippen LogP contribution in [0.3, 0.4) is 0 Å². The maximum absolute atomic E-state index is 12.3. The first-order chi connectivity index (χ1) is 12.0. The lowest BCUT2D eigenvalue weighted by atomic mass is 10.2. The molecule has 0 radical (unpaired) electrons. The molecule has 0 N–H and O–H groups in total. The molecule has 0 bridgehead atoms. The van der Waals surface area contributed by atoms with Crippen molar-refractivity contribution in [2.45, 2.75) is 26.4 Å². The lowest BCUT2D eigenvalue weighted by Crippen LogP contribution is -2.34. The van der Waals surface area contributed by atoms with E-state index in [0.29, 0.717) is 30.3 Å². The second-order valence-electron chi connectivity index (χ2n) is 6.19. The standard InChI is InChI=1S/C19H21NO5/c1-13-3-5-15(6-4-13)23-12-18(21)20-8-7-16(11-20)25-17-9-14(2)24-19(22)10-17/h3-6,9-10,16H,7-8,11-12H2,1-2H3. The fourth-order valence-electron chi connectivity index (χ4n) is 2.76. The molecule has 0 spiro atoms. The molecule has 6 nitrogen and oxygen atoms in total. The van der Waals surface area contributed by atoms with Gasteiger partial charge in [-0.1, -0.05) is 17.7 Å². The predicted molar refractivity (Wildman–Crippen MR) is 92.0 cm³/mol. The lowest BCUT2D eigenvalue weighted by Gasteiger charge is -2.17. The van der Waals surface area contributed by atoms with Gasteiger partial charge in [0.15, 0.2) is 6.61 Å². The average molecular weight is 343 g/mol. The fourth-order valence-corrected chi connectivity index (χ4v) is 2.76. The van der Waals surface area contributed by atoms with E-state index in [1.807, 2.05) is 31.2 Å². The van der Waals surface area contributed by atoms with Crippen molar-refractivity contribution < 1.29 is 18.7 Å². The van der Waals surface area contributed by atoms with Crippen LogP contribution in [0, 0.1) is 13.8 Å². The number of amides is 1. The number of carbonyl (C=O) groups excluding carboxylic acids is 1. The van der Waals surface area contributed by atoms with E-state index in [4.69, 9.17) is 13.9 Å². The van der Waals surface area contributed by atoms with Crippen LogP contribution < -0.4 is 15.1 Å². The SMILES string of the molecule is Cc1ccc(OCC(=O)N2CCC(Oc3cc(C)oc(=O)c3)C2)cc1. The second-order valence-corrected chi connectivity index (χ2v) is 6.19. The molecular formula is C19H21NO5. The molecule has 1 aliphatic heterocycles.